The molecule has 0 bridgehead atoms. The molecule has 0 aliphatic heterocycles. The number of nitriles is 1. The molecule has 7 heteroatoms. The maximum Gasteiger partial charge on any atom is 0.417 e. The molecule has 3 nitrogen and oxygen atoms in total. The van der Waals surface area contributed by atoms with Crippen LogP contribution in [0.25, 0.3) is 0 Å². The molecule has 16 heavy (non-hydrogen) atoms. The summed E-state index contributed by atoms with van der Waals surface area (Å²) in [6.07, 6.45) is -4.68. The summed E-state index contributed by atoms with van der Waals surface area (Å²) in [4.78, 5) is 10.9. The molecule has 0 heterocycles. The van der Waals surface area contributed by atoms with Crippen LogP contribution in [-0.2, 0) is 6.18 Å². The Hall–Kier alpha value is -1.30. The molecule has 0 aromatic heterocycles. The normalized spacial score (nSPS) is 10.9. The minimum Gasteiger partial charge on any atom is -0.366 e. The number of nitrogens with two attached hydrogens (primary N) is 1. The van der Waals surface area contributed by atoms with Crippen molar-refractivity contribution in [1.29, 1.82) is 5.26 Å². The van der Waals surface area contributed by atoms with Crippen molar-refractivity contribution in [2.75, 3.05) is 0 Å². The van der Waals surface area contributed by atoms with Gasteiger partial charge in [-0.15, -0.1) is 0 Å². The number of nitrogens with zero attached hydrogens (tertiary/aromatic N) is 1. The van der Waals surface area contributed by atoms with E-state index in [0.717, 1.165) is 12.1 Å². The number of hydrogen-bond donors (Lipinski definition) is 1. The summed E-state index contributed by atoms with van der Waals surface area (Å²) in [6, 6.07) is 3.30. The third-order valence-electron chi connectivity index (χ3n) is 1.79. The molecular weight excluding hydrogens is 336 g/mol. The first-order chi connectivity index (χ1) is 7.27. The van der Waals surface area contributed by atoms with Gasteiger partial charge < -0.3 is 5.73 Å². The van der Waals surface area contributed by atoms with E-state index in [-0.39, 0.29) is 3.57 Å². The number of amides is 1. The monoisotopic (exact) mass is 340 g/mol. The Kier molecular flexibility index (Phi) is 3.42. The zero-order chi connectivity index (χ0) is 12.5. The number of carbonyl (C=O) groups excluding carboxylic acids is 1. The summed E-state index contributed by atoms with van der Waals surface area (Å²) in [5.41, 5.74) is 2.62. The molecule has 0 aliphatic rings. The van der Waals surface area contributed by atoms with E-state index < -0.39 is 28.8 Å². The van der Waals surface area contributed by atoms with Crippen LogP contribution < -0.4 is 5.73 Å². The number of alkyl halides is 3. The first-order valence-electron chi connectivity index (χ1n) is 3.88. The fraction of sp³-hybridized carbons (Fsp3) is 0.111. The van der Waals surface area contributed by atoms with Gasteiger partial charge in [-0.1, -0.05) is 0 Å². The van der Waals surface area contributed by atoms with Crippen LogP contribution in [0.5, 0.6) is 0 Å². The van der Waals surface area contributed by atoms with Gasteiger partial charge in [0.05, 0.1) is 16.7 Å². The Morgan fingerprint density at radius 2 is 2.00 bits per heavy atom. The predicted molar refractivity (Wildman–Crippen MR) is 57.4 cm³/mol. The van der Waals surface area contributed by atoms with Gasteiger partial charge in [-0.25, -0.2) is 0 Å². The zero-order valence-corrected chi connectivity index (χ0v) is 9.76. The Labute approximate surface area is 102 Å². The van der Waals surface area contributed by atoms with Crippen molar-refractivity contribution < 1.29 is 18.0 Å². The average Bonchev–Trinajstić information content (AvgIpc) is 2.14. The molecule has 0 saturated heterocycles. The molecule has 2 N–H and O–H groups in total. The van der Waals surface area contributed by atoms with Crippen LogP contribution in [-0.4, -0.2) is 5.91 Å². The first kappa shape index (κ1) is 12.8. The molecule has 0 saturated carbocycles. The van der Waals surface area contributed by atoms with Crippen LogP contribution in [0.1, 0.15) is 21.5 Å². The van der Waals surface area contributed by atoms with Gasteiger partial charge in [0, 0.05) is 3.57 Å². The topological polar surface area (TPSA) is 66.9 Å². The molecule has 0 aliphatic carbocycles. The van der Waals surface area contributed by atoms with Gasteiger partial charge >= 0.3 is 6.18 Å². The quantitative estimate of drug-likeness (QED) is 0.797. The zero-order valence-electron chi connectivity index (χ0n) is 7.60. The molecule has 84 valence electrons. The highest BCUT2D eigenvalue weighted by Gasteiger charge is 2.35. The van der Waals surface area contributed by atoms with Crippen LogP contribution in [0, 0.1) is 14.9 Å². The van der Waals surface area contributed by atoms with E-state index in [4.69, 9.17) is 11.0 Å². The second kappa shape index (κ2) is 4.29. The number of hydrogen-bond acceptors (Lipinski definition) is 2. The van der Waals surface area contributed by atoms with Crippen molar-refractivity contribution >= 4 is 28.5 Å². The van der Waals surface area contributed by atoms with E-state index in [1.807, 2.05) is 0 Å². The number of benzene rings is 1. The molecule has 1 aromatic carbocycles. The highest BCUT2D eigenvalue weighted by molar-refractivity contribution is 14.1. The van der Waals surface area contributed by atoms with Gasteiger partial charge in [0.25, 0.3) is 0 Å². The largest absolute Gasteiger partial charge is 0.417 e. The van der Waals surface area contributed by atoms with Gasteiger partial charge in [-0.2, -0.15) is 18.4 Å². The number of rotatable bonds is 1. The summed E-state index contributed by atoms with van der Waals surface area (Å²) < 4.78 is 37.8. The fourth-order valence-corrected chi connectivity index (χ4v) is 1.77. The Balaban J connectivity index is 3.63. The third-order valence-corrected chi connectivity index (χ3v) is 2.41. The lowest BCUT2D eigenvalue weighted by Crippen LogP contribution is -2.17. The molecule has 1 amide bonds. The second-order valence-corrected chi connectivity index (χ2v) is 4.10. The SMILES string of the molecule is N#Cc1c(C(N)=O)cc(I)cc1C(F)(F)F. The minimum absolute atomic E-state index is 0.192. The van der Waals surface area contributed by atoms with Gasteiger partial charge in [0.15, 0.2) is 0 Å². The van der Waals surface area contributed by atoms with Crippen molar-refractivity contribution in [3.8, 4) is 6.07 Å². The van der Waals surface area contributed by atoms with E-state index in [2.05, 4.69) is 0 Å². The summed E-state index contributed by atoms with van der Waals surface area (Å²) in [5, 5.41) is 8.64. The van der Waals surface area contributed by atoms with Crippen molar-refractivity contribution in [1.82, 2.24) is 0 Å². The summed E-state index contributed by atoms with van der Waals surface area (Å²) in [5.74, 6) is -1.06. The smallest absolute Gasteiger partial charge is 0.366 e. The van der Waals surface area contributed by atoms with Gasteiger partial charge in [-0.3, -0.25) is 4.79 Å². The summed E-state index contributed by atoms with van der Waals surface area (Å²) >= 11 is 1.62. The van der Waals surface area contributed by atoms with Gasteiger partial charge in [-0.05, 0) is 34.7 Å². The lowest BCUT2D eigenvalue weighted by Gasteiger charge is -2.11. The number of halogens is 4. The van der Waals surface area contributed by atoms with Crippen LogP contribution in [0.4, 0.5) is 13.2 Å². The lowest BCUT2D eigenvalue weighted by molar-refractivity contribution is -0.137. The van der Waals surface area contributed by atoms with E-state index in [0.29, 0.717) is 0 Å². The molecule has 1 aromatic rings. The standard InChI is InChI=1S/C9H4F3IN2O/c10-9(11,12)7-2-4(13)1-5(8(15)16)6(7)3-14/h1-2H,(H2,15,16). The van der Waals surface area contributed by atoms with E-state index >= 15 is 0 Å². The molecular formula is C9H4F3IN2O. The summed E-state index contributed by atoms with van der Waals surface area (Å²) in [7, 11) is 0. The highest BCUT2D eigenvalue weighted by Crippen LogP contribution is 2.34. The van der Waals surface area contributed by atoms with Crippen LogP contribution in [0.2, 0.25) is 0 Å². The maximum atomic E-state index is 12.6. The molecule has 0 unspecified atom stereocenters. The fourth-order valence-electron chi connectivity index (χ4n) is 1.15. The van der Waals surface area contributed by atoms with Crippen molar-refractivity contribution in [3.05, 3.63) is 32.4 Å². The van der Waals surface area contributed by atoms with E-state index in [1.165, 1.54) is 6.07 Å². The average molecular weight is 340 g/mol. The number of carbonyl (C=O) groups is 1. The van der Waals surface area contributed by atoms with Crippen molar-refractivity contribution in [2.24, 2.45) is 5.73 Å². The molecule has 0 fully saturated rings. The van der Waals surface area contributed by atoms with E-state index in [1.54, 1.807) is 22.6 Å². The Bertz CT molecular complexity index is 491. The number of primary amides is 1. The van der Waals surface area contributed by atoms with Crippen molar-refractivity contribution in [2.45, 2.75) is 6.18 Å². The van der Waals surface area contributed by atoms with Crippen LogP contribution in [0.15, 0.2) is 12.1 Å². The predicted octanol–water partition coefficient (Wildman–Crippen LogP) is 2.28. The molecule has 0 atom stereocenters. The van der Waals surface area contributed by atoms with Gasteiger partial charge in [0.1, 0.15) is 6.07 Å². The second-order valence-electron chi connectivity index (χ2n) is 2.85. The molecule has 1 rings (SSSR count). The molecule has 0 spiro atoms. The lowest BCUT2D eigenvalue weighted by atomic mass is 10.0. The maximum absolute atomic E-state index is 12.6. The highest BCUT2D eigenvalue weighted by atomic mass is 127. The Morgan fingerprint density at radius 3 is 2.38 bits per heavy atom. The van der Waals surface area contributed by atoms with Crippen LogP contribution in [0.3, 0.4) is 0 Å². The minimum atomic E-state index is -4.68. The molecule has 0 radical (unpaired) electrons. The van der Waals surface area contributed by atoms with Crippen LogP contribution >= 0.6 is 22.6 Å². The van der Waals surface area contributed by atoms with E-state index in [9.17, 15) is 18.0 Å². The first-order valence-corrected chi connectivity index (χ1v) is 4.96. The summed E-state index contributed by atoms with van der Waals surface area (Å²) in [6.45, 7) is 0. The van der Waals surface area contributed by atoms with Gasteiger partial charge in [0.2, 0.25) is 5.91 Å². The van der Waals surface area contributed by atoms with Crippen molar-refractivity contribution in [3.63, 3.8) is 0 Å². The Morgan fingerprint density at radius 1 is 1.44 bits per heavy atom. The third kappa shape index (κ3) is 2.44.